The Balaban J connectivity index is 1.75. The van der Waals surface area contributed by atoms with E-state index < -0.39 is 0 Å². The van der Waals surface area contributed by atoms with Crippen molar-refractivity contribution in [1.82, 2.24) is 0 Å². The Kier molecular flexibility index (Phi) is 4.20. The third-order valence-electron chi connectivity index (χ3n) is 5.65. The number of hydrogen-bond donors (Lipinski definition) is 2. The second kappa shape index (κ2) is 6.38. The fourth-order valence-corrected chi connectivity index (χ4v) is 3.91. The standard InChI is InChI=1S/C22H26O3/c1-3-20(14-5-6-14)25-22-18(9-4-13(2)21(22)24)16-7-10-17-15(12-16)8-11-19(17)23/h4,7,9-10,12,14,19-20,23-24H,3,5-6,8,11H2,1-2H3. The van der Waals surface area contributed by atoms with Crippen molar-refractivity contribution < 1.29 is 14.9 Å². The van der Waals surface area contributed by atoms with Crippen molar-refractivity contribution in [3.8, 4) is 22.6 Å². The van der Waals surface area contributed by atoms with Gasteiger partial charge in [-0.1, -0.05) is 37.3 Å². The van der Waals surface area contributed by atoms with Crippen LogP contribution < -0.4 is 4.74 Å². The smallest absolute Gasteiger partial charge is 0.169 e. The van der Waals surface area contributed by atoms with Gasteiger partial charge in [-0.3, -0.25) is 0 Å². The van der Waals surface area contributed by atoms with E-state index in [9.17, 15) is 10.2 Å². The van der Waals surface area contributed by atoms with Crippen LogP contribution in [-0.4, -0.2) is 16.3 Å². The Morgan fingerprint density at radius 3 is 2.68 bits per heavy atom. The molecule has 0 aliphatic heterocycles. The zero-order chi connectivity index (χ0) is 17.6. The Morgan fingerprint density at radius 1 is 1.16 bits per heavy atom. The second-order valence-electron chi connectivity index (χ2n) is 7.48. The highest BCUT2D eigenvalue weighted by atomic mass is 16.5. The first kappa shape index (κ1) is 16.5. The Hall–Kier alpha value is -2.00. The zero-order valence-corrected chi connectivity index (χ0v) is 15.0. The van der Waals surface area contributed by atoms with Gasteiger partial charge in [0.05, 0.1) is 6.10 Å². The molecule has 2 aliphatic rings. The minimum Gasteiger partial charge on any atom is -0.504 e. The lowest BCUT2D eigenvalue weighted by Gasteiger charge is -2.21. The van der Waals surface area contributed by atoms with E-state index in [2.05, 4.69) is 13.0 Å². The lowest BCUT2D eigenvalue weighted by Crippen LogP contribution is -2.18. The summed E-state index contributed by atoms with van der Waals surface area (Å²) in [5.74, 6) is 1.47. The lowest BCUT2D eigenvalue weighted by atomic mass is 9.97. The number of benzene rings is 2. The van der Waals surface area contributed by atoms with Crippen LogP contribution >= 0.6 is 0 Å². The van der Waals surface area contributed by atoms with Gasteiger partial charge in [0.15, 0.2) is 11.5 Å². The van der Waals surface area contributed by atoms with Gasteiger partial charge in [0.2, 0.25) is 0 Å². The molecule has 132 valence electrons. The van der Waals surface area contributed by atoms with Crippen molar-refractivity contribution in [2.75, 3.05) is 0 Å². The summed E-state index contributed by atoms with van der Waals surface area (Å²) in [6, 6.07) is 10.2. The highest BCUT2D eigenvalue weighted by molar-refractivity contribution is 5.75. The van der Waals surface area contributed by atoms with Crippen LogP contribution in [0, 0.1) is 12.8 Å². The summed E-state index contributed by atoms with van der Waals surface area (Å²) in [5.41, 5.74) is 5.05. The maximum Gasteiger partial charge on any atom is 0.169 e. The molecule has 0 spiro atoms. The minimum absolute atomic E-state index is 0.169. The van der Waals surface area contributed by atoms with Crippen LogP contribution in [0.3, 0.4) is 0 Å². The van der Waals surface area contributed by atoms with Gasteiger partial charge in [-0.05, 0) is 67.2 Å². The summed E-state index contributed by atoms with van der Waals surface area (Å²) in [6.07, 6.45) is 4.91. The van der Waals surface area contributed by atoms with Crippen LogP contribution in [0.15, 0.2) is 30.3 Å². The number of fused-ring (bicyclic) bond motifs is 1. The van der Waals surface area contributed by atoms with Gasteiger partial charge in [-0.25, -0.2) is 0 Å². The molecule has 2 aromatic carbocycles. The molecule has 4 rings (SSSR count). The van der Waals surface area contributed by atoms with Gasteiger partial charge < -0.3 is 14.9 Å². The van der Waals surface area contributed by atoms with E-state index in [0.717, 1.165) is 41.5 Å². The molecule has 3 nitrogen and oxygen atoms in total. The molecule has 0 heterocycles. The topological polar surface area (TPSA) is 49.7 Å². The molecular weight excluding hydrogens is 312 g/mol. The van der Waals surface area contributed by atoms with Gasteiger partial charge in [0.1, 0.15) is 6.10 Å². The SMILES string of the molecule is CCC(Oc1c(-c2ccc3c(c2)CCC3O)ccc(C)c1O)C1CC1. The minimum atomic E-state index is -0.342. The van der Waals surface area contributed by atoms with E-state index in [0.29, 0.717) is 11.7 Å². The number of phenols is 1. The van der Waals surface area contributed by atoms with Crippen LogP contribution in [0.5, 0.6) is 11.5 Å². The van der Waals surface area contributed by atoms with E-state index >= 15 is 0 Å². The van der Waals surface area contributed by atoms with E-state index in [4.69, 9.17) is 4.74 Å². The van der Waals surface area contributed by atoms with Gasteiger partial charge in [-0.15, -0.1) is 0 Å². The quantitative estimate of drug-likeness (QED) is 0.814. The summed E-state index contributed by atoms with van der Waals surface area (Å²) in [5, 5.41) is 20.7. The number of hydrogen-bond acceptors (Lipinski definition) is 3. The zero-order valence-electron chi connectivity index (χ0n) is 15.0. The third kappa shape index (κ3) is 3.02. The van der Waals surface area contributed by atoms with Crippen LogP contribution in [-0.2, 0) is 6.42 Å². The summed E-state index contributed by atoms with van der Waals surface area (Å²) >= 11 is 0. The van der Waals surface area contributed by atoms with Gasteiger partial charge in [-0.2, -0.15) is 0 Å². The van der Waals surface area contributed by atoms with Gasteiger partial charge in [0.25, 0.3) is 0 Å². The molecule has 2 N–H and O–H groups in total. The molecular formula is C22H26O3. The largest absolute Gasteiger partial charge is 0.504 e. The van der Waals surface area contributed by atoms with Crippen LogP contribution in [0.25, 0.3) is 11.1 Å². The first-order valence-electron chi connectivity index (χ1n) is 9.39. The maximum absolute atomic E-state index is 10.7. The van der Waals surface area contributed by atoms with Crippen LogP contribution in [0.2, 0.25) is 0 Å². The molecule has 2 aromatic rings. The molecule has 0 bridgehead atoms. The Bertz CT molecular complexity index is 792. The molecule has 1 fully saturated rings. The lowest BCUT2D eigenvalue weighted by molar-refractivity contribution is 0.168. The Morgan fingerprint density at radius 2 is 1.96 bits per heavy atom. The van der Waals surface area contributed by atoms with Crippen LogP contribution in [0.1, 0.15) is 55.4 Å². The summed E-state index contributed by atoms with van der Waals surface area (Å²) in [7, 11) is 0. The summed E-state index contributed by atoms with van der Waals surface area (Å²) in [6.45, 7) is 4.05. The average Bonchev–Trinajstić information content (AvgIpc) is 3.39. The molecule has 0 saturated heterocycles. The van der Waals surface area contributed by atoms with Crippen molar-refractivity contribution in [1.29, 1.82) is 0 Å². The highest BCUT2D eigenvalue weighted by Crippen LogP contribution is 2.45. The first-order chi connectivity index (χ1) is 12.1. The number of aliphatic hydroxyl groups excluding tert-OH is 1. The number of phenolic OH excluding ortho intramolecular Hbond substituents is 1. The van der Waals surface area contributed by atoms with Crippen molar-refractivity contribution >= 4 is 0 Å². The molecule has 0 amide bonds. The Labute approximate surface area is 149 Å². The van der Waals surface area contributed by atoms with Crippen LogP contribution in [0.4, 0.5) is 0 Å². The van der Waals surface area contributed by atoms with Crippen molar-refractivity contribution in [3.05, 3.63) is 47.0 Å². The fourth-order valence-electron chi connectivity index (χ4n) is 3.91. The molecule has 1 saturated carbocycles. The van der Waals surface area contributed by atoms with Crippen molar-refractivity contribution in [2.24, 2.45) is 5.92 Å². The molecule has 2 atom stereocenters. The fraction of sp³-hybridized carbons (Fsp3) is 0.455. The first-order valence-corrected chi connectivity index (χ1v) is 9.39. The highest BCUT2D eigenvalue weighted by Gasteiger charge is 2.33. The van der Waals surface area contributed by atoms with E-state index in [1.54, 1.807) is 0 Å². The second-order valence-corrected chi connectivity index (χ2v) is 7.48. The number of rotatable bonds is 5. The normalized spacial score (nSPS) is 20.4. The van der Waals surface area contributed by atoms with Gasteiger partial charge in [0, 0.05) is 5.56 Å². The number of ether oxygens (including phenoxy) is 1. The number of aryl methyl sites for hydroxylation is 2. The number of aliphatic hydroxyl groups is 1. The predicted molar refractivity (Wildman–Crippen MR) is 99.0 cm³/mol. The number of aromatic hydroxyl groups is 1. The molecule has 2 unspecified atom stereocenters. The monoisotopic (exact) mass is 338 g/mol. The molecule has 0 radical (unpaired) electrons. The average molecular weight is 338 g/mol. The van der Waals surface area contributed by atoms with Gasteiger partial charge >= 0.3 is 0 Å². The van der Waals surface area contributed by atoms with E-state index in [1.165, 1.54) is 18.4 Å². The molecule has 3 heteroatoms. The van der Waals surface area contributed by atoms with Crippen molar-refractivity contribution in [2.45, 2.75) is 58.2 Å². The summed E-state index contributed by atoms with van der Waals surface area (Å²) < 4.78 is 6.33. The maximum atomic E-state index is 10.7. The van der Waals surface area contributed by atoms with E-state index in [1.807, 2.05) is 31.2 Å². The summed E-state index contributed by atoms with van der Waals surface area (Å²) in [4.78, 5) is 0. The third-order valence-corrected chi connectivity index (χ3v) is 5.65. The molecule has 25 heavy (non-hydrogen) atoms. The van der Waals surface area contributed by atoms with Crippen molar-refractivity contribution in [3.63, 3.8) is 0 Å². The predicted octanol–water partition coefficient (Wildman–Crippen LogP) is 4.91. The molecule has 0 aromatic heterocycles. The molecule has 2 aliphatic carbocycles. The van der Waals surface area contributed by atoms with E-state index in [-0.39, 0.29) is 18.0 Å².